The minimum Gasteiger partial charge on any atom is -0.366 e. The molecular weight excluding hydrogens is 2060 g/mol. The van der Waals surface area contributed by atoms with Gasteiger partial charge in [0.15, 0.2) is 62.0 Å². The Labute approximate surface area is 670 Å². The quantitative estimate of drug-likeness (QED) is 0.0252. The van der Waals surface area contributed by atoms with Crippen LogP contribution in [0.15, 0.2) is 0 Å². The van der Waals surface area contributed by atoms with Gasteiger partial charge in [-0.1, -0.05) is 0 Å². The molecule has 25 atom stereocenters. The zero-order valence-electron chi connectivity index (χ0n) is 55.4. The molecule has 17 N–H and O–H groups in total. The first-order chi connectivity index (χ1) is 53.3. The molecule has 1 unspecified atom stereocenters. The van der Waals surface area contributed by atoms with E-state index in [0.717, 1.165) is 0 Å². The Kier molecular flexibility index (Phi) is 35.5. The summed E-state index contributed by atoms with van der Waals surface area (Å²) in [5.74, 6) is 0. The van der Waals surface area contributed by atoms with Crippen molar-refractivity contribution in [2.75, 3.05) is 33.0 Å². The summed E-state index contributed by atoms with van der Waals surface area (Å²) in [6, 6.07) is 0. The van der Waals surface area contributed by atoms with Gasteiger partial charge < -0.3 is 47.7 Å². The zero-order chi connectivity index (χ0) is 92.6. The molecule has 74 nitrogen and oxygen atoms in total. The van der Waals surface area contributed by atoms with E-state index in [-0.39, 0.29) is 0 Å². The number of aliphatic hydroxyl groups excluding tert-OH is 1. The van der Waals surface area contributed by atoms with Gasteiger partial charge in [-0.3, -0.25) is 72.8 Å². The summed E-state index contributed by atoms with van der Waals surface area (Å²) in [6.45, 7) is -11.5. The summed E-state index contributed by atoms with van der Waals surface area (Å²) in [6.07, 6.45) is -88.7. The van der Waals surface area contributed by atoms with E-state index in [1.807, 2.05) is 0 Å². The van der Waals surface area contributed by atoms with Crippen LogP contribution in [0.5, 0.6) is 0 Å². The monoisotopic (exact) mass is 2110 g/mol. The van der Waals surface area contributed by atoms with Crippen molar-refractivity contribution in [2.24, 2.45) is 0 Å². The van der Waals surface area contributed by atoms with E-state index in [2.05, 4.69) is 66.9 Å². The Balaban J connectivity index is 1.79. The third-order valence-electron chi connectivity index (χ3n) is 13.5. The molecular formula is C30H52O74S16. The number of rotatable bonds is 45. The van der Waals surface area contributed by atoms with Crippen molar-refractivity contribution >= 4 is 166 Å². The third-order valence-corrected chi connectivity index (χ3v) is 21.0. The van der Waals surface area contributed by atoms with E-state index < -0.39 is 353 Å². The lowest BCUT2D eigenvalue weighted by atomic mass is 9.97. The number of hydrogen-bond acceptors (Lipinski definition) is 58. The van der Waals surface area contributed by atoms with Gasteiger partial charge in [-0.2, -0.15) is 135 Å². The predicted molar refractivity (Wildman–Crippen MR) is 333 cm³/mol. The van der Waals surface area contributed by atoms with E-state index in [9.17, 15) is 213 Å². The highest BCUT2D eigenvalue weighted by Crippen LogP contribution is 2.40. The fourth-order valence-electron chi connectivity index (χ4n) is 10.3. The lowest BCUT2D eigenvalue weighted by Gasteiger charge is -2.47. The van der Waals surface area contributed by atoms with Gasteiger partial charge >= 0.3 is 166 Å². The van der Waals surface area contributed by atoms with Crippen molar-refractivity contribution in [3.63, 3.8) is 0 Å². The molecule has 5 rings (SSSR count). The van der Waals surface area contributed by atoms with Crippen molar-refractivity contribution in [1.82, 2.24) is 0 Å². The second-order valence-electron chi connectivity index (χ2n) is 22.1. The Morgan fingerprint density at radius 3 is 0.467 bits per heavy atom. The van der Waals surface area contributed by atoms with E-state index in [0.29, 0.717) is 0 Å². The molecule has 5 aliphatic rings. The molecule has 0 aliphatic carbocycles. The topological polar surface area (TPSA) is 1120 Å². The van der Waals surface area contributed by atoms with E-state index in [1.165, 1.54) is 0 Å². The predicted octanol–water partition coefficient (Wildman–Crippen LogP) is -14.7. The molecule has 0 bridgehead atoms. The maximum atomic E-state index is 12.6. The molecule has 0 amide bonds. The van der Waals surface area contributed by atoms with Crippen LogP contribution in [-0.2, 0) is 276 Å². The van der Waals surface area contributed by atoms with Gasteiger partial charge in [0.2, 0.25) is 0 Å². The maximum Gasteiger partial charge on any atom is 0.397 e. The van der Waals surface area contributed by atoms with Crippen LogP contribution in [0.1, 0.15) is 0 Å². The lowest BCUT2D eigenvalue weighted by Crippen LogP contribution is -2.66. The number of ether oxygens (including phenoxy) is 9. The van der Waals surface area contributed by atoms with Crippen LogP contribution < -0.4 is 0 Å². The van der Waals surface area contributed by atoms with Crippen LogP contribution >= 0.6 is 0 Å². The highest BCUT2D eigenvalue weighted by molar-refractivity contribution is 7.84. The SMILES string of the molecule is O=S(=O)(O)OC[C@H]1O[C@H](OC[C@H]2O[C@H](OC[C@H]3O[C@H](OC[C@H]4O[C@H](OC[C@H]5OC(O)[C@H](OS(=O)(=O)O)[C@@H](OS(=O)(=O)O)[C@@H]5OS(=O)(=O)O)[C@H](OS(=O)(=O)O)[C@@H](OS(=O)(=O)O)[C@@H]4OS(=O)(=O)O)[C@H](OS(=O)(=O)O)[C@@H](OS(=O)(=O)O)[C@@H]3OS(=O)(=O)O)[C@H](OS(=O)(=O)O)[C@@H](OS(=O)(=O)O)[C@@H]2OS(=O)(=O)O)[C@H](OS(=O)(=O)O)[C@@H](OS(=O)(=O)O)[C@@H]1OS(=O)(=O)O. The van der Waals surface area contributed by atoms with Crippen molar-refractivity contribution in [2.45, 2.75) is 154 Å². The van der Waals surface area contributed by atoms with Gasteiger partial charge in [-0.25, -0.2) is 66.9 Å². The van der Waals surface area contributed by atoms with Gasteiger partial charge in [-0.05, 0) is 0 Å². The van der Waals surface area contributed by atoms with Crippen LogP contribution in [0.4, 0.5) is 0 Å². The van der Waals surface area contributed by atoms with Gasteiger partial charge in [0, 0.05) is 0 Å². The smallest absolute Gasteiger partial charge is 0.366 e. The molecule has 5 heterocycles. The average Bonchev–Trinajstić information content (AvgIpc) is 0.460. The Bertz CT molecular complexity index is 5560. The third kappa shape index (κ3) is 38.4. The Morgan fingerprint density at radius 2 is 0.300 bits per heavy atom. The minimum absolute atomic E-state index is 2.13. The molecule has 0 aromatic carbocycles. The van der Waals surface area contributed by atoms with Crippen LogP contribution in [0, 0.1) is 0 Å². The first kappa shape index (κ1) is 108. The molecule has 0 spiro atoms. The van der Waals surface area contributed by atoms with Crippen LogP contribution in [0.2, 0.25) is 0 Å². The van der Waals surface area contributed by atoms with Crippen molar-refractivity contribution in [1.29, 1.82) is 0 Å². The molecule has 120 heavy (non-hydrogen) atoms. The van der Waals surface area contributed by atoms with E-state index in [1.54, 1.807) is 0 Å². The molecule has 0 aromatic rings. The van der Waals surface area contributed by atoms with E-state index >= 15 is 0 Å². The minimum atomic E-state index is -6.72. The van der Waals surface area contributed by atoms with Gasteiger partial charge in [0.05, 0.1) is 33.0 Å². The first-order valence-electron chi connectivity index (χ1n) is 28.2. The van der Waals surface area contributed by atoms with Crippen molar-refractivity contribution in [3.8, 4) is 0 Å². The summed E-state index contributed by atoms with van der Waals surface area (Å²) < 4.78 is 662. The Morgan fingerprint density at radius 1 is 0.167 bits per heavy atom. The largest absolute Gasteiger partial charge is 0.397 e. The molecule has 712 valence electrons. The summed E-state index contributed by atoms with van der Waals surface area (Å²) in [7, 11) is -104. The van der Waals surface area contributed by atoms with Crippen molar-refractivity contribution < 1.29 is 322 Å². The first-order valence-corrected chi connectivity index (χ1v) is 50.0. The molecule has 90 heteroatoms. The highest BCUT2D eigenvalue weighted by Gasteiger charge is 2.62. The normalized spacial score (nSPS) is 33.4. The van der Waals surface area contributed by atoms with Gasteiger partial charge in [-0.15, -0.1) is 0 Å². The number of aliphatic hydroxyl groups is 1. The van der Waals surface area contributed by atoms with Crippen LogP contribution in [-0.4, -0.2) is 399 Å². The molecule has 5 aliphatic heterocycles. The highest BCUT2D eigenvalue weighted by atomic mass is 32.3. The summed E-state index contributed by atoms with van der Waals surface area (Å²) in [5, 5.41) is 10.7. The fourth-order valence-corrected chi connectivity index (χ4v) is 18.1. The lowest BCUT2D eigenvalue weighted by molar-refractivity contribution is -0.338. The fraction of sp³-hybridized carbons (Fsp3) is 1.00. The average molecular weight is 2110 g/mol. The molecule has 0 radical (unpaired) electrons. The van der Waals surface area contributed by atoms with Gasteiger partial charge in [0.25, 0.3) is 0 Å². The summed E-state index contributed by atoms with van der Waals surface area (Å²) in [5.41, 5.74) is 0. The molecule has 0 saturated carbocycles. The van der Waals surface area contributed by atoms with Crippen LogP contribution in [0.3, 0.4) is 0 Å². The maximum absolute atomic E-state index is 12.6. The Hall–Kier alpha value is -2.48. The summed E-state index contributed by atoms with van der Waals surface area (Å²) in [4.78, 5) is 0. The van der Waals surface area contributed by atoms with Gasteiger partial charge in [0.1, 0.15) is 91.6 Å². The molecule has 0 aromatic heterocycles. The number of hydrogen-bond donors (Lipinski definition) is 17. The van der Waals surface area contributed by atoms with Crippen LogP contribution in [0.25, 0.3) is 0 Å². The van der Waals surface area contributed by atoms with E-state index in [4.69, 9.17) is 42.6 Å². The van der Waals surface area contributed by atoms with Crippen molar-refractivity contribution in [3.05, 3.63) is 0 Å². The summed E-state index contributed by atoms with van der Waals surface area (Å²) >= 11 is 0. The standard InChI is InChI=1S/C30H52O74S16/c31-26-21(100-116(65,66)67)16(95-111(50,51)52)11(90-106(35,36)37)6(85-26)1-80-27-22(101-117(68,69)70)17(96-112(53,54)55)12(91-107(38,39)40)7(86-27)2-81-28-23(102-118(71,72)73)18(97-113(56,57)58)13(92-108(41,42)43)8(87-28)3-82-29-24(103-119(74,75)76)19(98-114(59,60)61)14(93-109(44,45)46)9(88-29)4-83-30-25(104-120(77,78)79)20(99-115(62,63)64)15(94-110(47,48)49)10(89-30)5-84-105(32,33)34/h6-31H,1-5H2,(H,32,33,34)(H,35,36,37)(H,38,39,40)(H,41,42,43)(H,44,45,46)(H,47,48,49)(H,50,51,52)(H,53,54,55)(H,56,57,58)(H,59,60,61)(H,62,63,64)(H,65,66,67)(H,68,69,70)(H,71,72,73)(H,74,75,76)(H,77,78,79)/t6-,7-,8-,9-,10-,11-,12-,13-,14-,15-,16+,17+,18+,19+,20+,21-,22-,23-,24-,25-,26?,27+,28+,29+,30+/m1/s1. The second kappa shape index (κ2) is 39.5. The zero-order valence-corrected chi connectivity index (χ0v) is 68.4. The molecule has 5 fully saturated rings. The second-order valence-corrected chi connectivity index (χ2v) is 38.9. The molecule has 5 saturated heterocycles.